The van der Waals surface area contributed by atoms with Crippen LogP contribution in [0.5, 0.6) is 0 Å². The minimum atomic E-state index is -3.50. The maximum Gasteiger partial charge on any atom is 0.259 e. The van der Waals surface area contributed by atoms with Crippen LogP contribution in [-0.4, -0.2) is 34.5 Å². The first-order valence-electron chi connectivity index (χ1n) is 6.11. The quantitative estimate of drug-likeness (QED) is 0.725. The predicted octanol–water partition coefficient (Wildman–Crippen LogP) is 0.537. The molecule has 0 saturated carbocycles. The Balaban J connectivity index is 1.84. The van der Waals surface area contributed by atoms with Crippen molar-refractivity contribution >= 4 is 10.0 Å². The van der Waals surface area contributed by atoms with Crippen LogP contribution in [0.3, 0.4) is 0 Å². The standard InChI is InChI=1S/C11H17N5O2S/c1-2-16-8-11(14-9-16)19(17,18)15-5-3-4-10-12-6-7-13-10/h6-9,15H,2-5H2,1H3,(H,12,13). The number of hydrogen-bond acceptors (Lipinski definition) is 4. The van der Waals surface area contributed by atoms with Gasteiger partial charge in [0.05, 0.1) is 6.33 Å². The highest BCUT2D eigenvalue weighted by molar-refractivity contribution is 7.89. The van der Waals surface area contributed by atoms with E-state index in [9.17, 15) is 8.42 Å². The maximum absolute atomic E-state index is 11.9. The molecule has 2 N–H and O–H groups in total. The lowest BCUT2D eigenvalue weighted by Gasteiger charge is -2.03. The first-order chi connectivity index (χ1) is 9.12. The summed E-state index contributed by atoms with van der Waals surface area (Å²) in [7, 11) is -3.50. The molecule has 104 valence electrons. The molecule has 0 bridgehead atoms. The van der Waals surface area contributed by atoms with Crippen molar-refractivity contribution in [3.63, 3.8) is 0 Å². The van der Waals surface area contributed by atoms with Gasteiger partial charge in [0.25, 0.3) is 10.0 Å². The van der Waals surface area contributed by atoms with Crippen molar-refractivity contribution in [2.24, 2.45) is 0 Å². The van der Waals surface area contributed by atoms with E-state index in [4.69, 9.17) is 0 Å². The van der Waals surface area contributed by atoms with Crippen molar-refractivity contribution in [3.05, 3.63) is 30.7 Å². The number of hydrogen-bond donors (Lipinski definition) is 2. The fraction of sp³-hybridized carbons (Fsp3) is 0.455. The molecule has 19 heavy (non-hydrogen) atoms. The second-order valence-corrected chi connectivity index (χ2v) is 5.79. The lowest BCUT2D eigenvalue weighted by molar-refractivity contribution is 0.575. The molecule has 2 aromatic heterocycles. The van der Waals surface area contributed by atoms with Crippen LogP contribution in [0.25, 0.3) is 0 Å². The van der Waals surface area contributed by atoms with Gasteiger partial charge in [-0.3, -0.25) is 0 Å². The molecule has 0 unspecified atom stereocenters. The van der Waals surface area contributed by atoms with Crippen LogP contribution in [0.15, 0.2) is 29.9 Å². The van der Waals surface area contributed by atoms with Crippen LogP contribution in [0.1, 0.15) is 19.2 Å². The van der Waals surface area contributed by atoms with Gasteiger partial charge in [0, 0.05) is 38.1 Å². The number of imidazole rings is 2. The third-order valence-corrected chi connectivity index (χ3v) is 4.03. The largest absolute Gasteiger partial charge is 0.349 e. The van der Waals surface area contributed by atoms with Crippen LogP contribution in [0, 0.1) is 0 Å². The summed E-state index contributed by atoms with van der Waals surface area (Å²) in [5.41, 5.74) is 0. The third-order valence-electron chi connectivity index (χ3n) is 2.69. The Kier molecular flexibility index (Phi) is 4.33. The first kappa shape index (κ1) is 13.8. The van der Waals surface area contributed by atoms with Gasteiger partial charge >= 0.3 is 0 Å². The van der Waals surface area contributed by atoms with Crippen LogP contribution in [-0.2, 0) is 23.0 Å². The monoisotopic (exact) mass is 283 g/mol. The van der Waals surface area contributed by atoms with Gasteiger partial charge in [0.2, 0.25) is 0 Å². The third kappa shape index (κ3) is 3.65. The second kappa shape index (κ2) is 5.98. The summed E-state index contributed by atoms with van der Waals surface area (Å²) in [5, 5.41) is 0.0624. The molecular weight excluding hydrogens is 266 g/mol. The topological polar surface area (TPSA) is 92.7 Å². The number of nitrogens with one attached hydrogen (secondary N) is 2. The minimum Gasteiger partial charge on any atom is -0.349 e. The van der Waals surface area contributed by atoms with Crippen molar-refractivity contribution in [3.8, 4) is 0 Å². The molecule has 2 heterocycles. The Bertz CT molecular complexity index is 603. The summed E-state index contributed by atoms with van der Waals surface area (Å²) in [4.78, 5) is 10.9. The molecule has 0 aliphatic carbocycles. The van der Waals surface area contributed by atoms with Gasteiger partial charge in [0.1, 0.15) is 5.82 Å². The average molecular weight is 283 g/mol. The zero-order chi connectivity index (χ0) is 13.7. The highest BCUT2D eigenvalue weighted by atomic mass is 32.2. The smallest absolute Gasteiger partial charge is 0.259 e. The molecule has 0 aliphatic rings. The molecular formula is C11H17N5O2S. The van der Waals surface area contributed by atoms with E-state index < -0.39 is 10.0 Å². The lowest BCUT2D eigenvalue weighted by Crippen LogP contribution is -2.25. The van der Waals surface area contributed by atoms with Gasteiger partial charge in [-0.15, -0.1) is 0 Å². The average Bonchev–Trinajstić information content (AvgIpc) is 3.05. The Morgan fingerprint density at radius 1 is 1.42 bits per heavy atom. The summed E-state index contributed by atoms with van der Waals surface area (Å²) in [6.45, 7) is 2.98. The highest BCUT2D eigenvalue weighted by Gasteiger charge is 2.16. The SMILES string of the molecule is CCn1cnc(S(=O)(=O)NCCCc2ncc[nH]2)c1. The molecule has 2 rings (SSSR count). The van der Waals surface area contributed by atoms with Gasteiger partial charge in [-0.25, -0.2) is 23.1 Å². The van der Waals surface area contributed by atoms with E-state index in [0.29, 0.717) is 25.9 Å². The summed E-state index contributed by atoms with van der Waals surface area (Å²) < 4.78 is 28.1. The maximum atomic E-state index is 11.9. The number of sulfonamides is 1. The van der Waals surface area contributed by atoms with E-state index in [2.05, 4.69) is 19.7 Å². The van der Waals surface area contributed by atoms with E-state index in [1.165, 1.54) is 12.5 Å². The summed E-state index contributed by atoms with van der Waals surface area (Å²) in [6, 6.07) is 0. The zero-order valence-corrected chi connectivity index (χ0v) is 11.5. The Hall–Kier alpha value is -1.67. The number of aromatic amines is 1. The normalized spacial score (nSPS) is 11.8. The van der Waals surface area contributed by atoms with Gasteiger partial charge in [-0.2, -0.15) is 0 Å². The summed E-state index contributed by atoms with van der Waals surface area (Å²) in [6.07, 6.45) is 7.85. The zero-order valence-electron chi connectivity index (χ0n) is 10.7. The van der Waals surface area contributed by atoms with Gasteiger partial charge in [0.15, 0.2) is 5.03 Å². The fourth-order valence-corrected chi connectivity index (χ4v) is 2.64. The number of rotatable bonds is 7. The number of nitrogens with zero attached hydrogens (tertiary/aromatic N) is 3. The van der Waals surface area contributed by atoms with Gasteiger partial charge in [-0.1, -0.05) is 0 Å². The van der Waals surface area contributed by atoms with Crippen LogP contribution in [0.2, 0.25) is 0 Å². The number of aromatic nitrogens is 4. The van der Waals surface area contributed by atoms with E-state index >= 15 is 0 Å². The van der Waals surface area contributed by atoms with E-state index in [-0.39, 0.29) is 5.03 Å². The van der Waals surface area contributed by atoms with Crippen LogP contribution in [0.4, 0.5) is 0 Å². The number of aryl methyl sites for hydroxylation is 2. The molecule has 7 nitrogen and oxygen atoms in total. The van der Waals surface area contributed by atoms with Crippen molar-refractivity contribution in [2.75, 3.05) is 6.54 Å². The van der Waals surface area contributed by atoms with E-state index in [1.54, 1.807) is 17.0 Å². The second-order valence-electron chi connectivity index (χ2n) is 4.08. The number of H-pyrrole nitrogens is 1. The lowest BCUT2D eigenvalue weighted by atomic mass is 10.3. The molecule has 0 saturated heterocycles. The predicted molar refractivity (Wildman–Crippen MR) is 70.0 cm³/mol. The van der Waals surface area contributed by atoms with Crippen molar-refractivity contribution in [1.29, 1.82) is 0 Å². The highest BCUT2D eigenvalue weighted by Crippen LogP contribution is 2.05. The molecule has 0 aliphatic heterocycles. The Morgan fingerprint density at radius 2 is 2.26 bits per heavy atom. The fourth-order valence-electron chi connectivity index (χ4n) is 1.62. The molecule has 0 fully saturated rings. The molecule has 0 aromatic carbocycles. The molecule has 0 atom stereocenters. The van der Waals surface area contributed by atoms with Crippen molar-refractivity contribution in [2.45, 2.75) is 31.3 Å². The Morgan fingerprint density at radius 3 is 2.89 bits per heavy atom. The van der Waals surface area contributed by atoms with Crippen LogP contribution >= 0.6 is 0 Å². The van der Waals surface area contributed by atoms with Crippen molar-refractivity contribution in [1.82, 2.24) is 24.2 Å². The van der Waals surface area contributed by atoms with Gasteiger partial charge < -0.3 is 9.55 Å². The van der Waals surface area contributed by atoms with Crippen molar-refractivity contribution < 1.29 is 8.42 Å². The Labute approximate surface area is 112 Å². The molecule has 0 amide bonds. The molecule has 0 spiro atoms. The summed E-state index contributed by atoms with van der Waals surface area (Å²) in [5.74, 6) is 0.856. The summed E-state index contributed by atoms with van der Waals surface area (Å²) >= 11 is 0. The van der Waals surface area contributed by atoms with E-state index in [0.717, 1.165) is 5.82 Å². The first-order valence-corrected chi connectivity index (χ1v) is 7.60. The molecule has 0 radical (unpaired) electrons. The van der Waals surface area contributed by atoms with Crippen LogP contribution < -0.4 is 4.72 Å². The van der Waals surface area contributed by atoms with E-state index in [1.807, 2.05) is 6.92 Å². The van der Waals surface area contributed by atoms with Gasteiger partial charge in [-0.05, 0) is 13.3 Å². The molecule has 2 aromatic rings. The minimum absolute atomic E-state index is 0.0624. The molecule has 8 heteroatoms.